The predicted molar refractivity (Wildman–Crippen MR) is 31.9 cm³/mol. The van der Waals surface area contributed by atoms with Crippen LogP contribution in [0.25, 0.3) is 0 Å². The number of hydrogen-bond acceptors (Lipinski definition) is 1. The van der Waals surface area contributed by atoms with Crippen molar-refractivity contribution in [2.45, 2.75) is 6.42 Å². The van der Waals surface area contributed by atoms with Gasteiger partial charge in [-0.15, -0.1) is 0 Å². The Labute approximate surface area is 53.2 Å². The maximum absolute atomic E-state index is 10.3. The normalized spacial score (nSPS) is 44.7. The van der Waals surface area contributed by atoms with Crippen molar-refractivity contribution < 1.29 is 9.90 Å². The fourth-order valence-corrected chi connectivity index (χ4v) is 1.71. The number of carboxylic acids is 1. The van der Waals surface area contributed by atoms with E-state index in [1.807, 2.05) is 6.08 Å². The molecule has 2 heteroatoms. The molecule has 3 atom stereocenters. The standard InChI is InChI=1S/C7H8O2/c8-7(9)6-4-2-1-3-5(4)6/h1-2,4-6H,3H2,(H,8,9)/t4-,5+,6?/m0/s1. The Morgan fingerprint density at radius 2 is 2.44 bits per heavy atom. The van der Waals surface area contributed by atoms with Gasteiger partial charge in [-0.05, 0) is 18.3 Å². The Hall–Kier alpha value is -0.790. The minimum Gasteiger partial charge on any atom is -0.481 e. The number of aliphatic carboxylic acids is 1. The lowest BCUT2D eigenvalue weighted by Gasteiger charge is -1.88. The van der Waals surface area contributed by atoms with Crippen LogP contribution in [0.5, 0.6) is 0 Å². The lowest BCUT2D eigenvalue weighted by atomic mass is 10.2. The fraction of sp³-hybridized carbons (Fsp3) is 0.571. The molecule has 0 aromatic heterocycles. The molecule has 1 unspecified atom stereocenters. The fourth-order valence-electron chi connectivity index (χ4n) is 1.71. The molecule has 0 aromatic rings. The van der Waals surface area contributed by atoms with Gasteiger partial charge in [-0.25, -0.2) is 0 Å². The molecule has 9 heavy (non-hydrogen) atoms. The van der Waals surface area contributed by atoms with Crippen molar-refractivity contribution in [3.8, 4) is 0 Å². The Balaban J connectivity index is 2.10. The molecule has 0 amide bonds. The molecule has 0 spiro atoms. The molecule has 1 fully saturated rings. The van der Waals surface area contributed by atoms with E-state index in [0.29, 0.717) is 11.8 Å². The van der Waals surface area contributed by atoms with Gasteiger partial charge in [0.25, 0.3) is 0 Å². The maximum atomic E-state index is 10.3. The van der Waals surface area contributed by atoms with Gasteiger partial charge in [0, 0.05) is 0 Å². The van der Waals surface area contributed by atoms with Crippen LogP contribution in [0.15, 0.2) is 12.2 Å². The van der Waals surface area contributed by atoms with E-state index >= 15 is 0 Å². The van der Waals surface area contributed by atoms with E-state index in [1.165, 1.54) is 0 Å². The summed E-state index contributed by atoms with van der Waals surface area (Å²) in [6, 6.07) is 0. The summed E-state index contributed by atoms with van der Waals surface area (Å²) in [7, 11) is 0. The van der Waals surface area contributed by atoms with Gasteiger partial charge in [0.1, 0.15) is 0 Å². The zero-order valence-corrected chi connectivity index (χ0v) is 4.95. The molecular weight excluding hydrogens is 116 g/mol. The van der Waals surface area contributed by atoms with Crippen molar-refractivity contribution in [2.24, 2.45) is 17.8 Å². The maximum Gasteiger partial charge on any atom is 0.307 e. The molecule has 1 saturated carbocycles. The molecule has 1 N–H and O–H groups in total. The first-order valence-corrected chi connectivity index (χ1v) is 3.20. The average molecular weight is 124 g/mol. The third kappa shape index (κ3) is 0.530. The molecule has 2 aliphatic carbocycles. The number of carboxylic acid groups (broad SMARTS) is 1. The van der Waals surface area contributed by atoms with Gasteiger partial charge < -0.3 is 5.11 Å². The van der Waals surface area contributed by atoms with Crippen molar-refractivity contribution >= 4 is 5.97 Å². The van der Waals surface area contributed by atoms with Gasteiger partial charge in [-0.2, -0.15) is 0 Å². The molecule has 0 saturated heterocycles. The summed E-state index contributed by atoms with van der Waals surface area (Å²) >= 11 is 0. The highest BCUT2D eigenvalue weighted by molar-refractivity contribution is 5.75. The molecule has 0 radical (unpaired) electrons. The smallest absolute Gasteiger partial charge is 0.307 e. The number of allylic oxidation sites excluding steroid dienone is 2. The summed E-state index contributed by atoms with van der Waals surface area (Å²) in [4.78, 5) is 10.3. The highest BCUT2D eigenvalue weighted by Crippen LogP contribution is 2.53. The summed E-state index contributed by atoms with van der Waals surface area (Å²) in [5.41, 5.74) is 0. The first-order chi connectivity index (χ1) is 4.30. The Kier molecular flexibility index (Phi) is 0.770. The van der Waals surface area contributed by atoms with E-state index < -0.39 is 5.97 Å². The van der Waals surface area contributed by atoms with E-state index in [9.17, 15) is 4.79 Å². The molecular formula is C7H8O2. The van der Waals surface area contributed by atoms with Crippen molar-refractivity contribution in [1.82, 2.24) is 0 Å². The van der Waals surface area contributed by atoms with Crippen LogP contribution in [-0.4, -0.2) is 11.1 Å². The number of fused-ring (bicyclic) bond motifs is 1. The molecule has 0 heterocycles. The summed E-state index contributed by atoms with van der Waals surface area (Å²) < 4.78 is 0. The largest absolute Gasteiger partial charge is 0.481 e. The minimum atomic E-state index is -0.616. The molecule has 0 aromatic carbocycles. The minimum absolute atomic E-state index is 0.0324. The van der Waals surface area contributed by atoms with E-state index in [2.05, 4.69) is 6.08 Å². The summed E-state index contributed by atoms with van der Waals surface area (Å²) in [5.74, 6) is 0.203. The summed E-state index contributed by atoms with van der Waals surface area (Å²) in [6.07, 6.45) is 5.10. The Morgan fingerprint density at radius 3 is 2.78 bits per heavy atom. The van der Waals surface area contributed by atoms with E-state index in [4.69, 9.17) is 5.11 Å². The molecule has 2 rings (SSSR count). The van der Waals surface area contributed by atoms with Crippen molar-refractivity contribution in [3.05, 3.63) is 12.2 Å². The summed E-state index contributed by atoms with van der Waals surface area (Å²) in [5, 5.41) is 8.53. The van der Waals surface area contributed by atoms with Crippen LogP contribution in [0, 0.1) is 17.8 Å². The van der Waals surface area contributed by atoms with E-state index in [-0.39, 0.29) is 5.92 Å². The van der Waals surface area contributed by atoms with Crippen LogP contribution < -0.4 is 0 Å². The Morgan fingerprint density at radius 1 is 1.67 bits per heavy atom. The van der Waals surface area contributed by atoms with Crippen LogP contribution in [0.2, 0.25) is 0 Å². The number of carbonyl (C=O) groups is 1. The van der Waals surface area contributed by atoms with Crippen molar-refractivity contribution in [1.29, 1.82) is 0 Å². The molecule has 2 nitrogen and oxygen atoms in total. The van der Waals surface area contributed by atoms with Gasteiger partial charge in [0.15, 0.2) is 0 Å². The molecule has 0 bridgehead atoms. The quantitative estimate of drug-likeness (QED) is 0.527. The highest BCUT2D eigenvalue weighted by Gasteiger charge is 2.54. The first kappa shape index (κ1) is 5.03. The number of rotatable bonds is 1. The monoisotopic (exact) mass is 124 g/mol. The van der Waals surface area contributed by atoms with Crippen molar-refractivity contribution in [3.63, 3.8) is 0 Å². The zero-order chi connectivity index (χ0) is 6.43. The van der Waals surface area contributed by atoms with Crippen LogP contribution >= 0.6 is 0 Å². The van der Waals surface area contributed by atoms with Gasteiger partial charge in [0.05, 0.1) is 5.92 Å². The van der Waals surface area contributed by atoms with Gasteiger partial charge in [0.2, 0.25) is 0 Å². The van der Waals surface area contributed by atoms with E-state index in [1.54, 1.807) is 0 Å². The lowest BCUT2D eigenvalue weighted by Crippen LogP contribution is -2.00. The molecule has 48 valence electrons. The van der Waals surface area contributed by atoms with Crippen molar-refractivity contribution in [2.75, 3.05) is 0 Å². The first-order valence-electron chi connectivity index (χ1n) is 3.20. The number of hydrogen-bond donors (Lipinski definition) is 1. The third-order valence-electron chi connectivity index (χ3n) is 2.28. The van der Waals surface area contributed by atoms with Crippen LogP contribution in [-0.2, 0) is 4.79 Å². The summed E-state index contributed by atoms with van der Waals surface area (Å²) in [6.45, 7) is 0. The molecule has 0 aliphatic heterocycles. The van der Waals surface area contributed by atoms with Gasteiger partial charge in [-0.3, -0.25) is 4.79 Å². The molecule has 2 aliphatic rings. The average Bonchev–Trinajstić information content (AvgIpc) is 2.30. The second-order valence-corrected chi connectivity index (χ2v) is 2.77. The third-order valence-corrected chi connectivity index (χ3v) is 2.28. The van der Waals surface area contributed by atoms with Crippen LogP contribution in [0.1, 0.15) is 6.42 Å². The van der Waals surface area contributed by atoms with Gasteiger partial charge in [-0.1, -0.05) is 12.2 Å². The SMILES string of the molecule is O=C(O)C1[C@H]2C=CC[C@@H]12. The van der Waals surface area contributed by atoms with Gasteiger partial charge >= 0.3 is 5.97 Å². The second-order valence-electron chi connectivity index (χ2n) is 2.77. The van der Waals surface area contributed by atoms with Crippen LogP contribution in [0.4, 0.5) is 0 Å². The lowest BCUT2D eigenvalue weighted by molar-refractivity contribution is -0.139. The highest BCUT2D eigenvalue weighted by atomic mass is 16.4. The predicted octanol–water partition coefficient (Wildman–Crippen LogP) is 0.893. The Bertz CT molecular complexity index is 183. The topological polar surface area (TPSA) is 37.3 Å². The van der Waals surface area contributed by atoms with E-state index in [0.717, 1.165) is 6.42 Å². The zero-order valence-electron chi connectivity index (χ0n) is 4.95. The second kappa shape index (κ2) is 1.38. The van der Waals surface area contributed by atoms with Crippen LogP contribution in [0.3, 0.4) is 0 Å².